The van der Waals surface area contributed by atoms with Crippen LogP contribution in [0.4, 0.5) is 13.2 Å². The fourth-order valence-corrected chi connectivity index (χ4v) is 3.19. The van der Waals surface area contributed by atoms with Gasteiger partial charge in [0.05, 0.1) is 23.3 Å². The second-order valence-electron chi connectivity index (χ2n) is 9.15. The fourth-order valence-electron chi connectivity index (χ4n) is 2.93. The zero-order valence-corrected chi connectivity index (χ0v) is 23.6. The largest absolute Gasteiger partial charge is 0.419 e. The van der Waals surface area contributed by atoms with Gasteiger partial charge in [0.25, 0.3) is 5.91 Å². The van der Waals surface area contributed by atoms with E-state index in [4.69, 9.17) is 21.1 Å². The summed E-state index contributed by atoms with van der Waals surface area (Å²) in [4.78, 5) is 28.9. The standard InChI is InChI=1S/C22H23ClF3N5O2.C4H8.CH2O/c1-12-6-7-14(28-10-12)11-29-18(32)17-13(2)20(31(30-17)21(3,4)5)33-19-16(23)15(8-9-27-19)22(24,25)26;1-3-4-2;1-2/h6-10H,11H2,1-5H3,(H,29,32);3H,1,4H2,2H3;1H2. The van der Waals surface area contributed by atoms with E-state index in [-0.39, 0.29) is 18.1 Å². The topological polar surface area (TPSA) is 99.0 Å². The Morgan fingerprint density at radius 1 is 1.15 bits per heavy atom. The Bertz CT molecular complexity index is 1250. The number of nitrogens with one attached hydrogen (secondary N) is 1. The van der Waals surface area contributed by atoms with Crippen LogP contribution in [-0.4, -0.2) is 32.4 Å². The predicted molar refractivity (Wildman–Crippen MR) is 144 cm³/mol. The summed E-state index contributed by atoms with van der Waals surface area (Å²) in [6, 6.07) is 4.44. The molecule has 212 valence electrons. The van der Waals surface area contributed by atoms with Crippen molar-refractivity contribution >= 4 is 24.3 Å². The third kappa shape index (κ3) is 9.20. The summed E-state index contributed by atoms with van der Waals surface area (Å²) in [5.74, 6) is -0.850. The number of allylic oxidation sites excluding steroid dienone is 1. The van der Waals surface area contributed by atoms with E-state index in [1.54, 1.807) is 19.2 Å². The molecule has 0 bridgehead atoms. The van der Waals surface area contributed by atoms with Gasteiger partial charge in [-0.15, -0.1) is 6.58 Å². The summed E-state index contributed by atoms with van der Waals surface area (Å²) in [5, 5.41) is 6.44. The van der Waals surface area contributed by atoms with E-state index in [2.05, 4.69) is 33.9 Å². The second kappa shape index (κ2) is 14.4. The van der Waals surface area contributed by atoms with Gasteiger partial charge in [-0.2, -0.15) is 18.3 Å². The minimum absolute atomic E-state index is 0.0647. The Morgan fingerprint density at radius 3 is 2.26 bits per heavy atom. The number of ether oxygens (including phenoxy) is 1. The first-order valence-electron chi connectivity index (χ1n) is 11.8. The Kier molecular flexibility index (Phi) is 12.3. The first kappa shape index (κ1) is 33.3. The van der Waals surface area contributed by atoms with Crippen LogP contribution >= 0.6 is 11.6 Å². The summed E-state index contributed by atoms with van der Waals surface area (Å²) >= 11 is 5.94. The number of hydrogen-bond donors (Lipinski definition) is 1. The lowest BCUT2D eigenvalue weighted by molar-refractivity contribution is -0.137. The maximum Gasteiger partial charge on any atom is 0.418 e. The van der Waals surface area contributed by atoms with Crippen molar-refractivity contribution in [3.63, 3.8) is 0 Å². The number of aromatic nitrogens is 4. The third-order valence-electron chi connectivity index (χ3n) is 4.97. The van der Waals surface area contributed by atoms with E-state index < -0.39 is 34.1 Å². The SMILES string of the molecule is C=CCC.C=O.Cc1ccc(CNC(=O)c2nn(C(C)(C)C)c(Oc3nccc(C(F)(F)F)c3Cl)c2C)nc1. The van der Waals surface area contributed by atoms with Crippen LogP contribution in [0.25, 0.3) is 0 Å². The number of hydrogen-bond acceptors (Lipinski definition) is 6. The van der Waals surface area contributed by atoms with Gasteiger partial charge in [0.2, 0.25) is 11.8 Å². The van der Waals surface area contributed by atoms with Gasteiger partial charge in [-0.1, -0.05) is 30.7 Å². The Labute approximate surface area is 231 Å². The Balaban J connectivity index is 0.00000116. The lowest BCUT2D eigenvalue weighted by Crippen LogP contribution is -2.27. The van der Waals surface area contributed by atoms with Crippen molar-refractivity contribution in [1.82, 2.24) is 25.1 Å². The number of amides is 1. The number of halogens is 4. The monoisotopic (exact) mass is 567 g/mol. The molecule has 0 aliphatic rings. The molecular formula is C27H33ClF3N5O3. The van der Waals surface area contributed by atoms with Gasteiger partial charge in [-0.3, -0.25) is 9.78 Å². The summed E-state index contributed by atoms with van der Waals surface area (Å²) < 4.78 is 46.8. The van der Waals surface area contributed by atoms with Crippen LogP contribution in [0, 0.1) is 13.8 Å². The molecule has 0 spiro atoms. The van der Waals surface area contributed by atoms with E-state index in [0.717, 1.165) is 24.2 Å². The van der Waals surface area contributed by atoms with Gasteiger partial charge >= 0.3 is 6.18 Å². The molecule has 3 rings (SSSR count). The molecule has 12 heteroatoms. The van der Waals surface area contributed by atoms with Crippen molar-refractivity contribution in [3.8, 4) is 11.8 Å². The molecule has 3 heterocycles. The van der Waals surface area contributed by atoms with Crippen molar-refractivity contribution in [2.75, 3.05) is 0 Å². The molecule has 39 heavy (non-hydrogen) atoms. The minimum atomic E-state index is -4.67. The summed E-state index contributed by atoms with van der Waals surface area (Å²) in [6.07, 6.45) is 0.935. The third-order valence-corrected chi connectivity index (χ3v) is 5.33. The molecule has 0 aromatic carbocycles. The average molecular weight is 568 g/mol. The maximum absolute atomic E-state index is 13.2. The number of carbonyl (C=O) groups excluding carboxylic acids is 2. The van der Waals surface area contributed by atoms with Crippen molar-refractivity contribution in [2.24, 2.45) is 0 Å². The highest BCUT2D eigenvalue weighted by atomic mass is 35.5. The number of carbonyl (C=O) groups is 2. The van der Waals surface area contributed by atoms with Gasteiger partial charge in [0.15, 0.2) is 5.69 Å². The Morgan fingerprint density at radius 2 is 1.77 bits per heavy atom. The van der Waals surface area contributed by atoms with E-state index in [0.29, 0.717) is 11.3 Å². The van der Waals surface area contributed by atoms with Crippen molar-refractivity contribution in [2.45, 2.75) is 66.2 Å². The highest BCUT2D eigenvalue weighted by Crippen LogP contribution is 2.40. The van der Waals surface area contributed by atoms with Gasteiger partial charge in [-0.25, -0.2) is 9.67 Å². The number of aryl methyl sites for hydroxylation is 1. The van der Waals surface area contributed by atoms with Crippen molar-refractivity contribution in [3.05, 3.63) is 76.3 Å². The molecule has 3 aromatic rings. The van der Waals surface area contributed by atoms with Crippen LogP contribution in [-0.2, 0) is 23.1 Å². The van der Waals surface area contributed by atoms with E-state index in [9.17, 15) is 18.0 Å². The maximum atomic E-state index is 13.2. The molecule has 1 N–H and O–H groups in total. The average Bonchev–Trinajstić information content (AvgIpc) is 3.22. The summed E-state index contributed by atoms with van der Waals surface area (Å²) in [5.41, 5.74) is 0.319. The summed E-state index contributed by atoms with van der Waals surface area (Å²) in [7, 11) is 0. The smallest absolute Gasteiger partial charge is 0.418 e. The molecule has 1 amide bonds. The molecule has 0 aliphatic carbocycles. The number of nitrogens with zero attached hydrogens (tertiary/aromatic N) is 4. The molecule has 0 saturated carbocycles. The van der Waals surface area contributed by atoms with Gasteiger partial charge < -0.3 is 14.8 Å². The molecule has 0 saturated heterocycles. The zero-order valence-electron chi connectivity index (χ0n) is 22.8. The molecule has 0 atom stereocenters. The fraction of sp³-hybridized carbons (Fsp3) is 0.370. The first-order valence-corrected chi connectivity index (χ1v) is 12.2. The van der Waals surface area contributed by atoms with Gasteiger partial charge in [0, 0.05) is 18.0 Å². The molecule has 0 fully saturated rings. The molecule has 0 radical (unpaired) electrons. The molecule has 8 nitrogen and oxygen atoms in total. The van der Waals surface area contributed by atoms with Crippen LogP contribution < -0.4 is 10.1 Å². The van der Waals surface area contributed by atoms with Crippen LogP contribution in [0.3, 0.4) is 0 Å². The quantitative estimate of drug-likeness (QED) is 0.327. The van der Waals surface area contributed by atoms with E-state index >= 15 is 0 Å². The minimum Gasteiger partial charge on any atom is -0.419 e. The number of rotatable bonds is 6. The van der Waals surface area contributed by atoms with E-state index in [1.807, 2.05) is 46.6 Å². The highest BCUT2D eigenvalue weighted by Gasteiger charge is 2.36. The molecule has 3 aromatic heterocycles. The lowest BCUT2D eigenvalue weighted by atomic mass is 10.1. The van der Waals surface area contributed by atoms with Crippen molar-refractivity contribution in [1.29, 1.82) is 0 Å². The Hall–Kier alpha value is -3.73. The normalized spacial score (nSPS) is 10.9. The van der Waals surface area contributed by atoms with Crippen LogP contribution in [0.5, 0.6) is 11.8 Å². The van der Waals surface area contributed by atoms with Gasteiger partial charge in [0.1, 0.15) is 11.8 Å². The lowest BCUT2D eigenvalue weighted by Gasteiger charge is -2.22. The molecule has 0 unspecified atom stereocenters. The summed E-state index contributed by atoms with van der Waals surface area (Å²) in [6.45, 7) is 16.6. The van der Waals surface area contributed by atoms with Crippen molar-refractivity contribution < 1.29 is 27.5 Å². The first-order chi connectivity index (χ1) is 18.2. The highest BCUT2D eigenvalue weighted by molar-refractivity contribution is 6.32. The number of alkyl halides is 3. The van der Waals surface area contributed by atoms with E-state index in [1.165, 1.54) is 4.68 Å². The zero-order chi connectivity index (χ0) is 30.0. The molecular weight excluding hydrogens is 535 g/mol. The second-order valence-corrected chi connectivity index (χ2v) is 9.52. The molecule has 0 aliphatic heterocycles. The van der Waals surface area contributed by atoms with Crippen LogP contribution in [0.15, 0.2) is 43.2 Å². The van der Waals surface area contributed by atoms with Crippen LogP contribution in [0.2, 0.25) is 5.02 Å². The van der Waals surface area contributed by atoms with Gasteiger partial charge in [-0.05, 0) is 58.7 Å². The van der Waals surface area contributed by atoms with Crippen LogP contribution in [0.1, 0.15) is 67.0 Å². The number of pyridine rings is 2. The predicted octanol–water partition coefficient (Wildman–Crippen LogP) is 6.84.